The Balaban J connectivity index is 1.89. The predicted octanol–water partition coefficient (Wildman–Crippen LogP) is 3.83. The van der Waals surface area contributed by atoms with Crippen molar-refractivity contribution < 1.29 is 9.59 Å². The molecule has 4 nitrogen and oxygen atoms in total. The number of nitrogens with zero attached hydrogens (tertiary/aromatic N) is 1. The topological polar surface area (TPSA) is 49.4 Å². The molecule has 0 heterocycles. The fourth-order valence-electron chi connectivity index (χ4n) is 2.77. The Morgan fingerprint density at radius 2 is 1.62 bits per heavy atom. The maximum Gasteiger partial charge on any atom is 0.224 e. The smallest absolute Gasteiger partial charge is 0.224 e. The Bertz CT molecular complexity index is 734. The van der Waals surface area contributed by atoms with Crippen LogP contribution in [-0.2, 0) is 16.0 Å². The highest BCUT2D eigenvalue weighted by Gasteiger charge is 2.12. The largest absolute Gasteiger partial charge is 0.354 e. The molecule has 138 valence electrons. The molecule has 0 bridgehead atoms. The van der Waals surface area contributed by atoms with E-state index in [9.17, 15) is 9.59 Å². The molecule has 0 unspecified atom stereocenters. The van der Waals surface area contributed by atoms with Crippen LogP contribution < -0.4 is 10.2 Å². The first-order chi connectivity index (χ1) is 12.4. The lowest BCUT2D eigenvalue weighted by Crippen LogP contribution is -2.38. The van der Waals surface area contributed by atoms with E-state index in [0.29, 0.717) is 25.4 Å². The fourth-order valence-corrected chi connectivity index (χ4v) is 2.77. The molecule has 0 atom stereocenters. The first-order valence-corrected chi connectivity index (χ1v) is 9.07. The van der Waals surface area contributed by atoms with E-state index >= 15 is 0 Å². The van der Waals surface area contributed by atoms with E-state index in [-0.39, 0.29) is 11.8 Å². The lowest BCUT2D eigenvalue weighted by Gasteiger charge is -2.22. The van der Waals surface area contributed by atoms with E-state index in [2.05, 4.69) is 19.2 Å². The summed E-state index contributed by atoms with van der Waals surface area (Å²) in [6, 6.07) is 16.0. The molecular formula is C22H28N2O2. The van der Waals surface area contributed by atoms with Gasteiger partial charge in [0.05, 0.1) is 6.42 Å². The average Bonchev–Trinajstić information content (AvgIpc) is 2.60. The van der Waals surface area contributed by atoms with Gasteiger partial charge in [-0.25, -0.2) is 0 Å². The van der Waals surface area contributed by atoms with Gasteiger partial charge in [0.25, 0.3) is 0 Å². The zero-order valence-corrected chi connectivity index (χ0v) is 16.1. The Kier molecular flexibility index (Phi) is 6.96. The molecule has 2 amide bonds. The van der Waals surface area contributed by atoms with E-state index < -0.39 is 0 Å². The summed E-state index contributed by atoms with van der Waals surface area (Å²) in [5.74, 6) is 0.387. The molecule has 0 aromatic heterocycles. The van der Waals surface area contributed by atoms with Crippen LogP contribution in [0.3, 0.4) is 0 Å². The van der Waals surface area contributed by atoms with E-state index in [1.165, 1.54) is 11.1 Å². The lowest BCUT2D eigenvalue weighted by atomic mass is 10.0. The maximum atomic E-state index is 12.1. The van der Waals surface area contributed by atoms with Crippen molar-refractivity contribution in [1.82, 2.24) is 5.32 Å². The highest BCUT2D eigenvalue weighted by atomic mass is 16.2. The van der Waals surface area contributed by atoms with Crippen LogP contribution in [-0.4, -0.2) is 24.9 Å². The van der Waals surface area contributed by atoms with Gasteiger partial charge in [0.15, 0.2) is 0 Å². The van der Waals surface area contributed by atoms with Crippen molar-refractivity contribution >= 4 is 17.5 Å². The predicted molar refractivity (Wildman–Crippen MR) is 106 cm³/mol. The lowest BCUT2D eigenvalue weighted by molar-refractivity contribution is -0.121. The van der Waals surface area contributed by atoms with Gasteiger partial charge in [0.1, 0.15) is 0 Å². The molecule has 2 aromatic carbocycles. The molecule has 2 aromatic rings. The average molecular weight is 352 g/mol. The van der Waals surface area contributed by atoms with Crippen molar-refractivity contribution in [2.45, 2.75) is 40.0 Å². The summed E-state index contributed by atoms with van der Waals surface area (Å²) < 4.78 is 0. The van der Waals surface area contributed by atoms with Gasteiger partial charge in [0, 0.05) is 25.7 Å². The number of rotatable bonds is 7. The van der Waals surface area contributed by atoms with Crippen LogP contribution in [0.25, 0.3) is 0 Å². The van der Waals surface area contributed by atoms with Gasteiger partial charge >= 0.3 is 0 Å². The van der Waals surface area contributed by atoms with E-state index in [1.807, 2.05) is 55.5 Å². The second-order valence-corrected chi connectivity index (χ2v) is 6.93. The van der Waals surface area contributed by atoms with Crippen molar-refractivity contribution in [2.75, 3.05) is 18.0 Å². The SMILES string of the molecule is CC(=O)N(CCNC(=O)Cc1ccc(C)cc1)c1ccc(C(C)C)cc1. The Labute approximate surface area is 156 Å². The summed E-state index contributed by atoms with van der Waals surface area (Å²) >= 11 is 0. The van der Waals surface area contributed by atoms with Crippen LogP contribution in [0.4, 0.5) is 5.69 Å². The van der Waals surface area contributed by atoms with Gasteiger partial charge in [-0.3, -0.25) is 9.59 Å². The maximum absolute atomic E-state index is 12.1. The van der Waals surface area contributed by atoms with E-state index in [4.69, 9.17) is 0 Å². The molecule has 0 saturated heterocycles. The minimum absolute atomic E-state index is 0.0323. The van der Waals surface area contributed by atoms with Crippen molar-refractivity contribution in [3.05, 3.63) is 65.2 Å². The van der Waals surface area contributed by atoms with Crippen molar-refractivity contribution in [3.8, 4) is 0 Å². The van der Waals surface area contributed by atoms with Crippen molar-refractivity contribution in [1.29, 1.82) is 0 Å². The Morgan fingerprint density at radius 3 is 2.15 bits per heavy atom. The molecule has 0 aliphatic heterocycles. The van der Waals surface area contributed by atoms with Crippen LogP contribution in [0, 0.1) is 6.92 Å². The molecule has 0 aliphatic rings. The number of nitrogens with one attached hydrogen (secondary N) is 1. The molecule has 26 heavy (non-hydrogen) atoms. The van der Waals surface area contributed by atoms with E-state index in [1.54, 1.807) is 11.8 Å². The normalized spacial score (nSPS) is 10.7. The Hall–Kier alpha value is -2.62. The second-order valence-electron chi connectivity index (χ2n) is 6.93. The molecular weight excluding hydrogens is 324 g/mol. The van der Waals surface area contributed by atoms with Crippen molar-refractivity contribution in [3.63, 3.8) is 0 Å². The summed E-state index contributed by atoms with van der Waals surface area (Å²) in [5.41, 5.74) is 4.26. The first-order valence-electron chi connectivity index (χ1n) is 9.07. The molecule has 4 heteroatoms. The van der Waals surface area contributed by atoms with Gasteiger partial charge < -0.3 is 10.2 Å². The molecule has 2 rings (SSSR count). The van der Waals surface area contributed by atoms with Crippen LogP contribution in [0.5, 0.6) is 0 Å². The zero-order valence-electron chi connectivity index (χ0n) is 16.1. The van der Waals surface area contributed by atoms with Gasteiger partial charge in [-0.05, 0) is 36.1 Å². The third-order valence-electron chi connectivity index (χ3n) is 4.39. The number of carbonyl (C=O) groups excluding carboxylic acids is 2. The molecule has 0 radical (unpaired) electrons. The van der Waals surface area contributed by atoms with E-state index in [0.717, 1.165) is 11.3 Å². The van der Waals surface area contributed by atoms with Gasteiger partial charge in [-0.15, -0.1) is 0 Å². The quantitative estimate of drug-likeness (QED) is 0.823. The van der Waals surface area contributed by atoms with Gasteiger partial charge in [-0.1, -0.05) is 55.8 Å². The second kappa shape index (κ2) is 9.18. The standard InChI is InChI=1S/C22H28N2O2/c1-16(2)20-9-11-21(12-10-20)24(18(4)25)14-13-23-22(26)15-19-7-5-17(3)6-8-19/h5-12,16H,13-15H2,1-4H3,(H,23,26). The van der Waals surface area contributed by atoms with Crippen LogP contribution in [0.1, 0.15) is 43.4 Å². The summed E-state index contributed by atoms with van der Waals surface area (Å²) in [7, 11) is 0. The van der Waals surface area contributed by atoms with Crippen LogP contribution >= 0.6 is 0 Å². The first kappa shape index (κ1) is 19.7. The summed E-state index contributed by atoms with van der Waals surface area (Å²) in [6.07, 6.45) is 0.351. The molecule has 0 fully saturated rings. The van der Waals surface area contributed by atoms with Crippen LogP contribution in [0.15, 0.2) is 48.5 Å². The molecule has 0 aliphatic carbocycles. The third-order valence-corrected chi connectivity index (χ3v) is 4.39. The minimum atomic E-state index is -0.0347. The third kappa shape index (κ3) is 5.73. The summed E-state index contributed by atoms with van der Waals surface area (Å²) in [6.45, 7) is 8.73. The molecule has 0 saturated carbocycles. The van der Waals surface area contributed by atoms with Crippen LogP contribution in [0.2, 0.25) is 0 Å². The number of carbonyl (C=O) groups is 2. The fraction of sp³-hybridized carbons (Fsp3) is 0.364. The monoisotopic (exact) mass is 352 g/mol. The number of anilines is 1. The number of aryl methyl sites for hydroxylation is 1. The number of hydrogen-bond donors (Lipinski definition) is 1. The summed E-state index contributed by atoms with van der Waals surface area (Å²) in [4.78, 5) is 25.8. The zero-order chi connectivity index (χ0) is 19.1. The summed E-state index contributed by atoms with van der Waals surface area (Å²) in [5, 5.41) is 2.90. The highest BCUT2D eigenvalue weighted by molar-refractivity contribution is 5.91. The Morgan fingerprint density at radius 1 is 1.00 bits per heavy atom. The molecule has 1 N–H and O–H groups in total. The minimum Gasteiger partial charge on any atom is -0.354 e. The van der Waals surface area contributed by atoms with Gasteiger partial charge in [0.2, 0.25) is 11.8 Å². The van der Waals surface area contributed by atoms with Gasteiger partial charge in [-0.2, -0.15) is 0 Å². The number of benzene rings is 2. The molecule has 0 spiro atoms. The highest BCUT2D eigenvalue weighted by Crippen LogP contribution is 2.20. The van der Waals surface area contributed by atoms with Crippen molar-refractivity contribution in [2.24, 2.45) is 0 Å². The number of hydrogen-bond acceptors (Lipinski definition) is 2. The number of amides is 2.